The molecule has 0 saturated heterocycles. The number of phenols is 1. The lowest BCUT2D eigenvalue weighted by atomic mass is 10.1. The van der Waals surface area contributed by atoms with E-state index < -0.39 is 0 Å². The van der Waals surface area contributed by atoms with E-state index in [2.05, 4.69) is 5.11 Å². The number of aromatic hydroxyl groups is 1. The van der Waals surface area contributed by atoms with Crippen molar-refractivity contribution in [3.05, 3.63) is 29.7 Å². The number of hydrogen-bond donors (Lipinski definition) is 1. The second-order valence-corrected chi connectivity index (χ2v) is 2.05. The molecular formula is C9H12O2. The molecule has 0 aromatic heterocycles. The number of phenolic OH excluding ortho intramolecular Hbond substituents is 1. The smallest absolute Gasteiger partial charge is 0.293 e. The zero-order chi connectivity index (χ0) is 12.3. The van der Waals surface area contributed by atoms with Gasteiger partial charge in [0, 0.05) is 7.11 Å². The van der Waals surface area contributed by atoms with Crippen LogP contribution in [0.4, 0.5) is 0 Å². The Bertz CT molecular complexity index is 365. The van der Waals surface area contributed by atoms with Crippen molar-refractivity contribution in [1.82, 2.24) is 0 Å². The highest BCUT2D eigenvalue weighted by Gasteiger charge is 1.91. The third-order valence-electron chi connectivity index (χ3n) is 1.21. The lowest BCUT2D eigenvalue weighted by Crippen LogP contribution is -1.93. The van der Waals surface area contributed by atoms with Crippen molar-refractivity contribution in [2.45, 2.75) is 6.42 Å². The summed E-state index contributed by atoms with van der Waals surface area (Å²) in [6.07, 6.45) is 0.296. The maximum absolute atomic E-state index is 7.65. The van der Waals surface area contributed by atoms with Gasteiger partial charge in [0.2, 0.25) is 0 Å². The molecule has 0 aliphatic heterocycles. The second-order valence-electron chi connectivity index (χ2n) is 2.05. The average Bonchev–Trinajstić information content (AvgIpc) is 2.27. The molecule has 0 fully saturated rings. The topological polar surface area (TPSA) is 29.5 Å². The van der Waals surface area contributed by atoms with Crippen LogP contribution in [-0.4, -0.2) is 20.3 Å². The summed E-state index contributed by atoms with van der Waals surface area (Å²) in [5.41, 5.74) is 0.276. The zero-order valence-electron chi connectivity index (χ0n) is 11.2. The van der Waals surface area contributed by atoms with Crippen LogP contribution in [0.5, 0.6) is 5.75 Å². The van der Waals surface area contributed by atoms with Gasteiger partial charge in [0.15, 0.2) is 0 Å². The van der Waals surface area contributed by atoms with Gasteiger partial charge in [-0.2, -0.15) is 0 Å². The number of methoxy groups -OCH3 is 1. The molecule has 11 heavy (non-hydrogen) atoms. The SMILES string of the molecule is [2H]Oc1c([2H])c([2H])c(CCOC)c([2H])c1[2H]. The van der Waals surface area contributed by atoms with Crippen LogP contribution in [0.15, 0.2) is 24.2 Å². The summed E-state index contributed by atoms with van der Waals surface area (Å²) in [5.74, 6) is -0.351. The van der Waals surface area contributed by atoms with Crippen molar-refractivity contribution in [2.75, 3.05) is 13.7 Å². The van der Waals surface area contributed by atoms with Gasteiger partial charge in [0.25, 0.3) is 1.43 Å². The first-order chi connectivity index (χ1) is 7.54. The van der Waals surface area contributed by atoms with Crippen LogP contribution in [0.1, 0.15) is 11.0 Å². The minimum absolute atomic E-state index is 0.180. The van der Waals surface area contributed by atoms with Gasteiger partial charge in [-0.25, -0.2) is 0 Å². The van der Waals surface area contributed by atoms with Gasteiger partial charge < -0.3 is 9.85 Å². The zero-order valence-corrected chi connectivity index (χ0v) is 6.23. The Balaban J connectivity index is 3.29. The van der Waals surface area contributed by atoms with Crippen molar-refractivity contribution in [1.29, 1.82) is 1.43 Å². The van der Waals surface area contributed by atoms with Gasteiger partial charge >= 0.3 is 0 Å². The second kappa shape index (κ2) is 3.98. The van der Waals surface area contributed by atoms with Gasteiger partial charge in [0.1, 0.15) is 5.75 Å². The van der Waals surface area contributed by atoms with Crippen LogP contribution >= 0.6 is 0 Å². The molecule has 0 atom stereocenters. The van der Waals surface area contributed by atoms with Crippen molar-refractivity contribution in [2.24, 2.45) is 0 Å². The highest BCUT2D eigenvalue weighted by Crippen LogP contribution is 2.09. The van der Waals surface area contributed by atoms with E-state index in [1.807, 2.05) is 0 Å². The fourth-order valence-corrected chi connectivity index (χ4v) is 0.656. The molecule has 0 saturated carbocycles. The van der Waals surface area contributed by atoms with E-state index in [0.717, 1.165) is 0 Å². The van der Waals surface area contributed by atoms with E-state index in [1.54, 1.807) is 0 Å². The molecule has 0 aliphatic rings. The Morgan fingerprint density at radius 1 is 1.55 bits per heavy atom. The first-order valence-electron chi connectivity index (χ1n) is 5.66. The average molecular weight is 157 g/mol. The number of benzene rings is 1. The third kappa shape index (κ3) is 2.60. The van der Waals surface area contributed by atoms with Crippen molar-refractivity contribution in [3.63, 3.8) is 0 Å². The molecular weight excluding hydrogens is 140 g/mol. The minimum Gasteiger partial charge on any atom is -0.508 e. The standard InChI is InChI=1S/C9H12O2/c1-11-7-6-8-2-4-9(10)5-3-8/h2-5,10H,6-7H2,1H3/i2D,3D,4D,5D/hD. The molecule has 0 spiro atoms. The fraction of sp³-hybridized carbons (Fsp3) is 0.333. The fourth-order valence-electron chi connectivity index (χ4n) is 0.656. The highest BCUT2D eigenvalue weighted by atomic mass is 16.5. The Kier molecular flexibility index (Phi) is 1.30. The normalized spacial score (nSPS) is 15.9. The summed E-state index contributed by atoms with van der Waals surface area (Å²) < 4.78 is 41.9. The van der Waals surface area contributed by atoms with E-state index in [0.29, 0.717) is 13.0 Å². The first kappa shape index (κ1) is 3.59. The van der Waals surface area contributed by atoms with E-state index >= 15 is 0 Å². The summed E-state index contributed by atoms with van der Waals surface area (Å²) in [5, 5.41) is 4.10. The Morgan fingerprint density at radius 3 is 2.82 bits per heavy atom. The summed E-state index contributed by atoms with van der Waals surface area (Å²) >= 11 is 0. The molecule has 1 aromatic carbocycles. The van der Waals surface area contributed by atoms with Gasteiger partial charge in [-0.05, 0) is 24.1 Å². The Labute approximate surface area is 73.5 Å². The van der Waals surface area contributed by atoms with E-state index in [1.165, 1.54) is 7.11 Å². The maximum Gasteiger partial charge on any atom is 0.293 e. The molecule has 1 rings (SSSR count). The maximum atomic E-state index is 7.65. The summed E-state index contributed by atoms with van der Waals surface area (Å²) in [6, 6.07) is -1.02. The van der Waals surface area contributed by atoms with Crippen LogP contribution in [-0.2, 0) is 11.2 Å². The molecule has 2 heteroatoms. The molecule has 1 aromatic rings. The molecule has 0 aliphatic carbocycles. The Morgan fingerprint density at radius 2 is 2.27 bits per heavy atom. The van der Waals surface area contributed by atoms with E-state index in [4.69, 9.17) is 11.7 Å². The molecule has 60 valence electrons. The van der Waals surface area contributed by atoms with Crippen LogP contribution in [0.2, 0.25) is 0 Å². The number of hydrogen-bond acceptors (Lipinski definition) is 2. The third-order valence-corrected chi connectivity index (χ3v) is 1.21. The van der Waals surface area contributed by atoms with Crippen LogP contribution in [0.25, 0.3) is 0 Å². The van der Waals surface area contributed by atoms with Gasteiger partial charge in [-0.15, -0.1) is 0 Å². The molecule has 0 heterocycles. The molecule has 2 nitrogen and oxygen atoms in total. The van der Waals surface area contributed by atoms with Crippen molar-refractivity contribution < 1.29 is 15.3 Å². The van der Waals surface area contributed by atoms with Crippen molar-refractivity contribution in [3.8, 4) is 5.75 Å². The predicted octanol–water partition coefficient (Wildman–Crippen LogP) is 1.58. The van der Waals surface area contributed by atoms with Gasteiger partial charge in [-0.3, -0.25) is 0 Å². The highest BCUT2D eigenvalue weighted by molar-refractivity contribution is 5.25. The van der Waals surface area contributed by atoms with E-state index in [-0.39, 0.29) is 35.5 Å². The number of rotatable bonds is 4. The summed E-state index contributed by atoms with van der Waals surface area (Å²) in [6.45, 7) is 0.317. The minimum atomic E-state index is -0.351. The predicted molar refractivity (Wildman–Crippen MR) is 43.7 cm³/mol. The summed E-state index contributed by atoms with van der Waals surface area (Å²) in [4.78, 5) is 0. The lowest BCUT2D eigenvalue weighted by Gasteiger charge is -1.99. The van der Waals surface area contributed by atoms with Crippen molar-refractivity contribution >= 4 is 0 Å². The number of ether oxygens (including phenoxy) is 1. The lowest BCUT2D eigenvalue weighted by molar-refractivity contribution is 0.202. The van der Waals surface area contributed by atoms with E-state index in [9.17, 15) is 0 Å². The first-order valence-corrected chi connectivity index (χ1v) is 3.25. The van der Waals surface area contributed by atoms with Crippen LogP contribution < -0.4 is 0 Å². The molecule has 1 N–H and O–H groups in total. The molecule has 0 bridgehead atoms. The quantitative estimate of drug-likeness (QED) is 0.719. The van der Waals surface area contributed by atoms with Crippen LogP contribution in [0, 0.1) is 0 Å². The largest absolute Gasteiger partial charge is 0.508 e. The monoisotopic (exact) mass is 157 g/mol. The van der Waals surface area contributed by atoms with Gasteiger partial charge in [-0.1, -0.05) is 12.1 Å². The molecule has 0 radical (unpaired) electrons. The van der Waals surface area contributed by atoms with Crippen LogP contribution in [0.3, 0.4) is 0 Å². The van der Waals surface area contributed by atoms with Gasteiger partial charge in [0.05, 0.1) is 12.1 Å². The Hall–Kier alpha value is -1.02. The summed E-state index contributed by atoms with van der Waals surface area (Å²) in [7, 11) is 1.50. The molecule has 0 amide bonds. The molecule has 0 unspecified atom stereocenters.